The van der Waals surface area contributed by atoms with E-state index in [1.54, 1.807) is 55.5 Å². The van der Waals surface area contributed by atoms with E-state index < -0.39 is 6.10 Å². The number of aldehydes is 1. The van der Waals surface area contributed by atoms with Gasteiger partial charge in [0, 0.05) is 5.56 Å². The van der Waals surface area contributed by atoms with Gasteiger partial charge in [0.2, 0.25) is 0 Å². The molecule has 110 valence electrons. The number of benzene rings is 2. The van der Waals surface area contributed by atoms with Crippen molar-refractivity contribution < 1.29 is 14.3 Å². The first-order valence-electron chi connectivity index (χ1n) is 6.66. The third-order valence-corrected chi connectivity index (χ3v) is 2.98. The first-order chi connectivity index (χ1) is 10.6. The lowest BCUT2D eigenvalue weighted by Gasteiger charge is -2.15. The highest BCUT2D eigenvalue weighted by atomic mass is 16.5. The average Bonchev–Trinajstić information content (AvgIpc) is 2.55. The number of carbonyl (C=O) groups is 2. The second-order valence-corrected chi connectivity index (χ2v) is 4.60. The number of amides is 1. The molecule has 0 aliphatic carbocycles. The molecular weight excluding hydrogens is 280 g/mol. The Morgan fingerprint density at radius 1 is 1.27 bits per heavy atom. The van der Waals surface area contributed by atoms with E-state index in [4.69, 9.17) is 10.00 Å². The van der Waals surface area contributed by atoms with E-state index in [2.05, 4.69) is 5.32 Å². The van der Waals surface area contributed by atoms with Crippen LogP contribution in [0.3, 0.4) is 0 Å². The smallest absolute Gasteiger partial charge is 0.265 e. The zero-order chi connectivity index (χ0) is 15.9. The monoisotopic (exact) mass is 294 g/mol. The second kappa shape index (κ2) is 7.04. The van der Waals surface area contributed by atoms with E-state index in [1.165, 1.54) is 0 Å². The van der Waals surface area contributed by atoms with Crippen LogP contribution in [0.2, 0.25) is 0 Å². The highest BCUT2D eigenvalue weighted by Gasteiger charge is 2.16. The third-order valence-electron chi connectivity index (χ3n) is 2.98. The summed E-state index contributed by atoms with van der Waals surface area (Å²) in [5.74, 6) is 0.0556. The number of nitrogens with zero attached hydrogens (tertiary/aromatic N) is 1. The first kappa shape index (κ1) is 15.3. The van der Waals surface area contributed by atoms with Gasteiger partial charge < -0.3 is 10.1 Å². The summed E-state index contributed by atoms with van der Waals surface area (Å²) in [6.07, 6.45) is -0.0607. The SMILES string of the molecule is C[C@@H](Oc1cccc(C=O)c1)C(=O)Nc1ccccc1C#N. The van der Waals surface area contributed by atoms with Crippen LogP contribution in [0.4, 0.5) is 5.69 Å². The minimum Gasteiger partial charge on any atom is -0.481 e. The van der Waals surface area contributed by atoms with Gasteiger partial charge in [-0.1, -0.05) is 24.3 Å². The minimum absolute atomic E-state index is 0.376. The van der Waals surface area contributed by atoms with Gasteiger partial charge >= 0.3 is 0 Å². The molecular formula is C17H14N2O3. The van der Waals surface area contributed by atoms with Crippen LogP contribution >= 0.6 is 0 Å². The lowest BCUT2D eigenvalue weighted by molar-refractivity contribution is -0.122. The van der Waals surface area contributed by atoms with Crippen LogP contribution in [-0.2, 0) is 4.79 Å². The van der Waals surface area contributed by atoms with Crippen molar-refractivity contribution in [3.8, 4) is 11.8 Å². The summed E-state index contributed by atoms with van der Waals surface area (Å²) in [5, 5.41) is 11.7. The summed E-state index contributed by atoms with van der Waals surface area (Å²) >= 11 is 0. The fourth-order valence-electron chi connectivity index (χ4n) is 1.84. The van der Waals surface area contributed by atoms with E-state index in [0.717, 1.165) is 0 Å². The lowest BCUT2D eigenvalue weighted by atomic mass is 10.2. The fraction of sp³-hybridized carbons (Fsp3) is 0.118. The standard InChI is InChI=1S/C17H14N2O3/c1-12(22-15-7-4-5-13(9-15)11-20)17(21)19-16-8-3-2-6-14(16)10-18/h2-9,11-12H,1H3,(H,19,21)/t12-/m1/s1. The number of hydrogen-bond donors (Lipinski definition) is 1. The molecule has 2 rings (SSSR count). The molecule has 5 nitrogen and oxygen atoms in total. The number of para-hydroxylation sites is 1. The van der Waals surface area contributed by atoms with E-state index in [9.17, 15) is 9.59 Å². The van der Waals surface area contributed by atoms with Gasteiger partial charge in [-0.15, -0.1) is 0 Å². The van der Waals surface area contributed by atoms with Gasteiger partial charge in [0.1, 0.15) is 18.1 Å². The Bertz CT molecular complexity index is 735. The zero-order valence-corrected chi connectivity index (χ0v) is 11.9. The minimum atomic E-state index is -0.770. The molecule has 0 radical (unpaired) electrons. The van der Waals surface area contributed by atoms with Crippen LogP contribution in [-0.4, -0.2) is 18.3 Å². The highest BCUT2D eigenvalue weighted by molar-refractivity contribution is 5.95. The number of hydrogen-bond acceptors (Lipinski definition) is 4. The average molecular weight is 294 g/mol. The van der Waals surface area contributed by atoms with Crippen LogP contribution in [0.5, 0.6) is 5.75 Å². The van der Waals surface area contributed by atoms with E-state index in [-0.39, 0.29) is 5.91 Å². The Morgan fingerprint density at radius 2 is 2.05 bits per heavy atom. The molecule has 5 heteroatoms. The predicted molar refractivity (Wildman–Crippen MR) is 81.7 cm³/mol. The van der Waals surface area contributed by atoms with E-state index in [1.807, 2.05) is 6.07 Å². The molecule has 0 aliphatic heterocycles. The van der Waals surface area contributed by atoms with Crippen molar-refractivity contribution in [2.75, 3.05) is 5.32 Å². The number of nitrogens with one attached hydrogen (secondary N) is 1. The van der Waals surface area contributed by atoms with Crippen molar-refractivity contribution in [2.45, 2.75) is 13.0 Å². The van der Waals surface area contributed by atoms with Crippen molar-refractivity contribution in [2.24, 2.45) is 0 Å². The number of ether oxygens (including phenoxy) is 1. The molecule has 1 N–H and O–H groups in total. The molecule has 0 spiro atoms. The predicted octanol–water partition coefficient (Wildman–Crippen LogP) is 2.78. The molecule has 0 fully saturated rings. The number of anilines is 1. The van der Waals surface area contributed by atoms with Gasteiger partial charge in [-0.3, -0.25) is 9.59 Å². The van der Waals surface area contributed by atoms with Gasteiger partial charge in [-0.2, -0.15) is 5.26 Å². The molecule has 2 aromatic rings. The van der Waals surface area contributed by atoms with Crippen molar-refractivity contribution in [1.82, 2.24) is 0 Å². The van der Waals surface area contributed by atoms with Gasteiger partial charge in [-0.05, 0) is 31.2 Å². The van der Waals surface area contributed by atoms with Gasteiger partial charge in [0.05, 0.1) is 11.3 Å². The summed E-state index contributed by atoms with van der Waals surface area (Å²) in [6, 6.07) is 15.3. The maximum absolute atomic E-state index is 12.1. The molecule has 0 saturated heterocycles. The zero-order valence-electron chi connectivity index (χ0n) is 11.9. The van der Waals surface area contributed by atoms with Crippen LogP contribution in [0.15, 0.2) is 48.5 Å². The normalized spacial score (nSPS) is 11.1. The molecule has 0 heterocycles. The molecule has 22 heavy (non-hydrogen) atoms. The van der Waals surface area contributed by atoms with Gasteiger partial charge in [0.25, 0.3) is 5.91 Å². The van der Waals surface area contributed by atoms with Crippen LogP contribution in [0.1, 0.15) is 22.8 Å². The lowest BCUT2D eigenvalue weighted by Crippen LogP contribution is -2.30. The Hall–Kier alpha value is -3.13. The summed E-state index contributed by atoms with van der Waals surface area (Å²) in [6.45, 7) is 1.60. The quantitative estimate of drug-likeness (QED) is 0.860. The molecule has 0 aromatic heterocycles. The second-order valence-electron chi connectivity index (χ2n) is 4.60. The maximum Gasteiger partial charge on any atom is 0.265 e. The van der Waals surface area contributed by atoms with Crippen molar-refractivity contribution >= 4 is 17.9 Å². The van der Waals surface area contributed by atoms with E-state index >= 15 is 0 Å². The summed E-state index contributed by atoms with van der Waals surface area (Å²) < 4.78 is 5.51. The summed E-state index contributed by atoms with van der Waals surface area (Å²) in [4.78, 5) is 22.8. The largest absolute Gasteiger partial charge is 0.481 e. The molecule has 0 saturated carbocycles. The molecule has 0 unspecified atom stereocenters. The molecule has 2 aromatic carbocycles. The maximum atomic E-state index is 12.1. The van der Waals surface area contributed by atoms with Crippen molar-refractivity contribution in [1.29, 1.82) is 5.26 Å². The Balaban J connectivity index is 2.06. The van der Waals surface area contributed by atoms with Crippen LogP contribution in [0, 0.1) is 11.3 Å². The molecule has 1 amide bonds. The number of nitriles is 1. The third kappa shape index (κ3) is 3.70. The van der Waals surface area contributed by atoms with Crippen LogP contribution < -0.4 is 10.1 Å². The number of carbonyl (C=O) groups excluding carboxylic acids is 2. The summed E-state index contributed by atoms with van der Waals surface area (Å²) in [5.41, 5.74) is 1.29. The fourth-order valence-corrected chi connectivity index (χ4v) is 1.84. The van der Waals surface area contributed by atoms with Crippen LogP contribution in [0.25, 0.3) is 0 Å². The highest BCUT2D eigenvalue weighted by Crippen LogP contribution is 2.17. The van der Waals surface area contributed by atoms with Crippen molar-refractivity contribution in [3.05, 3.63) is 59.7 Å². The summed E-state index contributed by atoms with van der Waals surface area (Å²) in [7, 11) is 0. The Kier molecular flexibility index (Phi) is 4.89. The Morgan fingerprint density at radius 3 is 2.77 bits per heavy atom. The first-order valence-corrected chi connectivity index (χ1v) is 6.66. The number of rotatable bonds is 5. The van der Waals surface area contributed by atoms with E-state index in [0.29, 0.717) is 28.8 Å². The Labute approximate surface area is 128 Å². The molecule has 0 aliphatic rings. The molecule has 1 atom stereocenters. The topological polar surface area (TPSA) is 79.2 Å². The molecule has 0 bridgehead atoms. The van der Waals surface area contributed by atoms with Gasteiger partial charge in [0.15, 0.2) is 6.10 Å². The van der Waals surface area contributed by atoms with Gasteiger partial charge in [-0.25, -0.2) is 0 Å². The van der Waals surface area contributed by atoms with Crippen molar-refractivity contribution in [3.63, 3.8) is 0 Å².